The molecule has 278 valence electrons. The van der Waals surface area contributed by atoms with E-state index in [0.717, 1.165) is 44.9 Å². The van der Waals surface area contributed by atoms with E-state index < -0.39 is 6.04 Å². The van der Waals surface area contributed by atoms with Crippen LogP contribution in [0.25, 0.3) is 0 Å². The molecule has 1 unspecified atom stereocenters. The number of allylic oxidation sites excluding steroid dienone is 6. The maximum Gasteiger partial charge on any atom is 0.242 e. The maximum absolute atomic E-state index is 12.9. The topological polar surface area (TPSA) is 123 Å². The number of aliphatic imine (C=N–C) groups is 1. The lowest BCUT2D eigenvalue weighted by Crippen LogP contribution is -2.47. The number of nitrogens with two attached hydrogens (primary N) is 2. The number of carbonyl (C=O) groups is 2. The molecule has 1 atom stereocenters. The molecule has 0 fully saturated rings. The van der Waals surface area contributed by atoms with Gasteiger partial charge in [-0.2, -0.15) is 0 Å². The van der Waals surface area contributed by atoms with Gasteiger partial charge < -0.3 is 22.1 Å². The fourth-order valence-electron chi connectivity index (χ4n) is 5.66. The number of unbranched alkanes of at least 4 members (excludes halogenated alkanes) is 20. The van der Waals surface area contributed by atoms with Gasteiger partial charge in [0.25, 0.3) is 0 Å². The summed E-state index contributed by atoms with van der Waals surface area (Å²) >= 11 is 0. The van der Waals surface area contributed by atoms with Gasteiger partial charge in [0.2, 0.25) is 11.8 Å². The molecule has 6 N–H and O–H groups in total. The van der Waals surface area contributed by atoms with Crippen LogP contribution in [0.2, 0.25) is 0 Å². The van der Waals surface area contributed by atoms with E-state index >= 15 is 0 Å². The normalized spacial score (nSPS) is 12.3. The molecular weight excluding hydrogens is 594 g/mol. The Labute approximate surface area is 296 Å². The minimum absolute atomic E-state index is 0.00530. The molecule has 0 aliphatic rings. The van der Waals surface area contributed by atoms with Crippen LogP contribution in [0.5, 0.6) is 0 Å². The van der Waals surface area contributed by atoms with E-state index in [4.69, 9.17) is 11.5 Å². The summed E-state index contributed by atoms with van der Waals surface area (Å²) in [6.07, 6.45) is 44.9. The third kappa shape index (κ3) is 34.8. The number of nitrogens with one attached hydrogen (secondary N) is 2. The van der Waals surface area contributed by atoms with Crippen LogP contribution in [0.1, 0.15) is 187 Å². The van der Waals surface area contributed by atoms with Crippen molar-refractivity contribution in [3.8, 4) is 0 Å². The standard InChI is InChI=1S/C41H77N5O2/c1-3-5-7-9-11-13-15-17-19-21-23-25-27-29-31-33-36-44-40(48)38(35-37-45-41(42)43)46-39(47)34-32-30-28-26-24-22-20-18-16-14-12-10-8-6-4-2/h12,14,18-21,38H,3-11,13,15-17,22-37H2,1-2H3,(H,44,48)(H,46,47)(H4,42,43,45). The van der Waals surface area contributed by atoms with Gasteiger partial charge in [0.15, 0.2) is 5.96 Å². The van der Waals surface area contributed by atoms with Crippen molar-refractivity contribution in [1.29, 1.82) is 0 Å². The Balaban J connectivity index is 4.00. The molecule has 7 nitrogen and oxygen atoms in total. The van der Waals surface area contributed by atoms with Crippen LogP contribution in [0.4, 0.5) is 0 Å². The van der Waals surface area contributed by atoms with Gasteiger partial charge in [0.1, 0.15) is 6.04 Å². The highest BCUT2D eigenvalue weighted by Gasteiger charge is 2.20. The van der Waals surface area contributed by atoms with Crippen LogP contribution in [0.15, 0.2) is 41.4 Å². The Hall–Kier alpha value is -2.57. The van der Waals surface area contributed by atoms with E-state index in [0.29, 0.717) is 25.9 Å². The predicted octanol–water partition coefficient (Wildman–Crippen LogP) is 10.1. The summed E-state index contributed by atoms with van der Waals surface area (Å²) in [5, 5.41) is 5.94. The van der Waals surface area contributed by atoms with Crippen molar-refractivity contribution in [3.05, 3.63) is 36.5 Å². The number of guanidine groups is 1. The fraction of sp³-hybridized carbons (Fsp3) is 0.780. The van der Waals surface area contributed by atoms with Gasteiger partial charge in [-0.1, -0.05) is 140 Å². The third-order valence-corrected chi connectivity index (χ3v) is 8.71. The second kappa shape index (κ2) is 37.3. The summed E-state index contributed by atoms with van der Waals surface area (Å²) < 4.78 is 0. The summed E-state index contributed by atoms with van der Waals surface area (Å²) in [4.78, 5) is 29.5. The van der Waals surface area contributed by atoms with Crippen molar-refractivity contribution in [2.75, 3.05) is 13.1 Å². The van der Waals surface area contributed by atoms with Gasteiger partial charge >= 0.3 is 0 Å². The minimum atomic E-state index is -0.619. The highest BCUT2D eigenvalue weighted by Crippen LogP contribution is 2.11. The van der Waals surface area contributed by atoms with Gasteiger partial charge in [-0.15, -0.1) is 0 Å². The maximum atomic E-state index is 12.9. The van der Waals surface area contributed by atoms with Crippen LogP contribution in [0, 0.1) is 0 Å². The second-order valence-electron chi connectivity index (χ2n) is 13.4. The summed E-state index contributed by atoms with van der Waals surface area (Å²) in [5.41, 5.74) is 10.9. The van der Waals surface area contributed by atoms with Crippen molar-refractivity contribution in [1.82, 2.24) is 10.6 Å². The summed E-state index contributed by atoms with van der Waals surface area (Å²) in [6.45, 7) is 5.43. The van der Waals surface area contributed by atoms with Gasteiger partial charge in [-0.05, 0) is 77.0 Å². The van der Waals surface area contributed by atoms with Gasteiger partial charge in [0, 0.05) is 19.5 Å². The number of hydrogen-bond acceptors (Lipinski definition) is 3. The number of carbonyl (C=O) groups excluding carboxylic acids is 2. The number of nitrogens with zero attached hydrogens (tertiary/aromatic N) is 1. The molecule has 0 aromatic heterocycles. The first-order valence-corrected chi connectivity index (χ1v) is 20.1. The minimum Gasteiger partial charge on any atom is -0.370 e. The van der Waals surface area contributed by atoms with Gasteiger partial charge in [0.05, 0.1) is 0 Å². The average molecular weight is 672 g/mol. The van der Waals surface area contributed by atoms with E-state index in [2.05, 4.69) is 65.9 Å². The number of amides is 2. The lowest BCUT2D eigenvalue weighted by atomic mass is 10.1. The summed E-state index contributed by atoms with van der Waals surface area (Å²) in [7, 11) is 0. The van der Waals surface area contributed by atoms with E-state index in [-0.39, 0.29) is 17.8 Å². The molecule has 7 heteroatoms. The number of rotatable bonds is 35. The lowest BCUT2D eigenvalue weighted by molar-refractivity contribution is -0.129. The monoisotopic (exact) mass is 672 g/mol. The van der Waals surface area contributed by atoms with Crippen LogP contribution < -0.4 is 22.1 Å². The zero-order valence-corrected chi connectivity index (χ0v) is 31.5. The van der Waals surface area contributed by atoms with Crippen molar-refractivity contribution in [2.45, 2.75) is 193 Å². The first-order chi connectivity index (χ1) is 23.5. The average Bonchev–Trinajstić information content (AvgIpc) is 3.07. The number of hydrogen-bond donors (Lipinski definition) is 4. The summed E-state index contributed by atoms with van der Waals surface area (Å²) in [5.74, 6) is -0.239. The first-order valence-electron chi connectivity index (χ1n) is 20.1. The van der Waals surface area contributed by atoms with Crippen molar-refractivity contribution in [2.24, 2.45) is 16.5 Å². The molecule has 0 saturated carbocycles. The van der Waals surface area contributed by atoms with Crippen LogP contribution >= 0.6 is 0 Å². The second-order valence-corrected chi connectivity index (χ2v) is 13.4. The molecule has 0 aromatic carbocycles. The zero-order valence-electron chi connectivity index (χ0n) is 31.5. The molecule has 0 aliphatic heterocycles. The van der Waals surface area contributed by atoms with Crippen LogP contribution in [-0.4, -0.2) is 36.9 Å². The van der Waals surface area contributed by atoms with Gasteiger partial charge in [-0.25, -0.2) is 0 Å². The van der Waals surface area contributed by atoms with E-state index in [1.54, 1.807) is 0 Å². The Morgan fingerprint density at radius 1 is 0.583 bits per heavy atom. The zero-order chi connectivity index (χ0) is 35.2. The Bertz CT molecular complexity index is 848. The predicted molar refractivity (Wildman–Crippen MR) is 209 cm³/mol. The molecule has 0 radical (unpaired) electrons. The van der Waals surface area contributed by atoms with Crippen molar-refractivity contribution < 1.29 is 9.59 Å². The smallest absolute Gasteiger partial charge is 0.242 e. The van der Waals surface area contributed by atoms with Crippen LogP contribution in [-0.2, 0) is 9.59 Å². The van der Waals surface area contributed by atoms with E-state index in [1.165, 1.54) is 116 Å². The summed E-state index contributed by atoms with van der Waals surface area (Å²) in [6, 6.07) is -0.619. The molecule has 0 aromatic rings. The third-order valence-electron chi connectivity index (χ3n) is 8.71. The molecule has 0 heterocycles. The Kier molecular flexibility index (Phi) is 35.3. The van der Waals surface area contributed by atoms with Gasteiger partial charge in [-0.3, -0.25) is 14.6 Å². The molecular formula is C41H77N5O2. The fourth-order valence-corrected chi connectivity index (χ4v) is 5.66. The highest BCUT2D eigenvalue weighted by molar-refractivity contribution is 5.87. The van der Waals surface area contributed by atoms with Crippen molar-refractivity contribution in [3.63, 3.8) is 0 Å². The molecule has 0 bridgehead atoms. The molecule has 0 saturated heterocycles. The van der Waals surface area contributed by atoms with Crippen LogP contribution in [0.3, 0.4) is 0 Å². The molecule has 2 amide bonds. The molecule has 0 rings (SSSR count). The molecule has 0 spiro atoms. The lowest BCUT2D eigenvalue weighted by Gasteiger charge is -2.18. The largest absolute Gasteiger partial charge is 0.370 e. The highest BCUT2D eigenvalue weighted by atomic mass is 16.2. The van der Waals surface area contributed by atoms with E-state index in [1.807, 2.05) is 0 Å². The Morgan fingerprint density at radius 3 is 1.56 bits per heavy atom. The van der Waals surface area contributed by atoms with E-state index in [9.17, 15) is 9.59 Å². The SMILES string of the molecule is CCCCCC=CCC=CCCCCCCCC(=O)NC(CCN=C(N)N)C(=O)NCCCCCCCC=CCCCCCCCCC. The molecule has 48 heavy (non-hydrogen) atoms. The first kappa shape index (κ1) is 45.4. The molecule has 0 aliphatic carbocycles. The van der Waals surface area contributed by atoms with Crippen molar-refractivity contribution >= 4 is 17.8 Å². The Morgan fingerprint density at radius 2 is 1.02 bits per heavy atom. The quantitative estimate of drug-likeness (QED) is 0.0232.